The lowest BCUT2D eigenvalue weighted by atomic mass is 10.3. The number of carbonyl (C=O) groups excluding carboxylic acids is 1. The van der Waals surface area contributed by atoms with Crippen LogP contribution in [0.15, 0.2) is 16.4 Å². The summed E-state index contributed by atoms with van der Waals surface area (Å²) in [6, 6.07) is 0. The zero-order valence-electron chi connectivity index (χ0n) is 11.6. The Morgan fingerprint density at radius 1 is 1.21 bits per heavy atom. The van der Waals surface area contributed by atoms with E-state index in [4.69, 9.17) is 4.74 Å². The lowest BCUT2D eigenvalue weighted by molar-refractivity contribution is 0.0520. The first kappa shape index (κ1) is 16.3. The maximum absolute atomic E-state index is 11.8. The molecule has 0 bridgehead atoms. The van der Waals surface area contributed by atoms with E-state index in [1.165, 1.54) is 0 Å². The van der Waals surface area contributed by atoms with Gasteiger partial charge in [0.15, 0.2) is 5.16 Å². The van der Waals surface area contributed by atoms with Crippen LogP contribution < -0.4 is 0 Å². The molecule has 1 aromatic heterocycles. The predicted molar refractivity (Wildman–Crippen MR) is 80.0 cm³/mol. The van der Waals surface area contributed by atoms with Crippen LogP contribution in [0.3, 0.4) is 0 Å². The van der Waals surface area contributed by atoms with E-state index >= 15 is 0 Å². The lowest BCUT2D eigenvalue weighted by Gasteiger charge is -2.08. The largest absolute Gasteiger partial charge is 0.462 e. The minimum absolute atomic E-state index is 0.340. The fourth-order valence-corrected chi connectivity index (χ4v) is 2.84. The summed E-state index contributed by atoms with van der Waals surface area (Å²) in [6.07, 6.45) is 3.69. The monoisotopic (exact) mass is 300 g/mol. The Balaban J connectivity index is 2.91. The molecule has 0 unspecified atom stereocenters. The number of hydrogen-bond acceptors (Lipinski definition) is 6. The second-order valence-electron chi connectivity index (χ2n) is 3.79. The van der Waals surface area contributed by atoms with Gasteiger partial charge in [0, 0.05) is 11.9 Å². The molecule has 19 heavy (non-hydrogen) atoms. The molecule has 0 amide bonds. The molecule has 0 spiro atoms. The van der Waals surface area contributed by atoms with Crippen LogP contribution >= 0.6 is 23.5 Å². The third-order valence-electron chi connectivity index (χ3n) is 2.11. The van der Waals surface area contributed by atoms with Gasteiger partial charge in [0.1, 0.15) is 10.6 Å². The quantitative estimate of drug-likeness (QED) is 0.316. The van der Waals surface area contributed by atoms with Gasteiger partial charge >= 0.3 is 5.97 Å². The van der Waals surface area contributed by atoms with Crippen LogP contribution in [0.25, 0.3) is 0 Å². The molecular formula is C13H20N2O2S2. The van der Waals surface area contributed by atoms with Gasteiger partial charge in [0.25, 0.3) is 0 Å². The maximum atomic E-state index is 11.8. The average molecular weight is 300 g/mol. The van der Waals surface area contributed by atoms with Gasteiger partial charge in [-0.25, -0.2) is 14.8 Å². The fraction of sp³-hybridized carbons (Fsp3) is 0.615. The number of aromatic nitrogens is 2. The molecule has 1 aromatic rings. The van der Waals surface area contributed by atoms with E-state index in [-0.39, 0.29) is 5.97 Å². The van der Waals surface area contributed by atoms with E-state index in [0.29, 0.717) is 12.2 Å². The van der Waals surface area contributed by atoms with Crippen LogP contribution in [0.1, 0.15) is 44.0 Å². The van der Waals surface area contributed by atoms with Crippen molar-refractivity contribution in [3.63, 3.8) is 0 Å². The molecule has 0 aliphatic carbocycles. The number of ether oxygens (including phenoxy) is 1. The standard InChI is InChI=1S/C13H20N2O2S2/c1-4-7-18-11-10(12(16)17-6-3)9-14-13(15-11)19-8-5-2/h9H,4-8H2,1-3H3. The van der Waals surface area contributed by atoms with Gasteiger partial charge in [-0.2, -0.15) is 0 Å². The van der Waals surface area contributed by atoms with E-state index in [2.05, 4.69) is 23.8 Å². The second kappa shape index (κ2) is 9.20. The van der Waals surface area contributed by atoms with Crippen molar-refractivity contribution in [2.24, 2.45) is 0 Å². The molecule has 0 fully saturated rings. The topological polar surface area (TPSA) is 52.1 Å². The highest BCUT2D eigenvalue weighted by Crippen LogP contribution is 2.24. The Morgan fingerprint density at radius 2 is 1.89 bits per heavy atom. The summed E-state index contributed by atoms with van der Waals surface area (Å²) >= 11 is 3.20. The van der Waals surface area contributed by atoms with E-state index in [9.17, 15) is 4.79 Å². The van der Waals surface area contributed by atoms with Crippen molar-refractivity contribution >= 4 is 29.5 Å². The molecule has 0 saturated carbocycles. The van der Waals surface area contributed by atoms with Gasteiger partial charge in [-0.1, -0.05) is 25.6 Å². The zero-order chi connectivity index (χ0) is 14.1. The highest BCUT2D eigenvalue weighted by atomic mass is 32.2. The molecule has 6 heteroatoms. The van der Waals surface area contributed by atoms with Crippen LogP contribution in [0.4, 0.5) is 0 Å². The molecule has 0 saturated heterocycles. The molecular weight excluding hydrogens is 280 g/mol. The van der Waals surface area contributed by atoms with Gasteiger partial charge in [-0.15, -0.1) is 11.8 Å². The molecule has 0 N–H and O–H groups in total. The summed E-state index contributed by atoms with van der Waals surface area (Å²) in [5.41, 5.74) is 0.473. The van der Waals surface area contributed by atoms with Crippen molar-refractivity contribution in [3.8, 4) is 0 Å². The van der Waals surface area contributed by atoms with Gasteiger partial charge in [-0.3, -0.25) is 0 Å². The number of nitrogens with zero attached hydrogens (tertiary/aromatic N) is 2. The molecule has 0 atom stereocenters. The van der Waals surface area contributed by atoms with Crippen molar-refractivity contribution in [1.29, 1.82) is 0 Å². The van der Waals surface area contributed by atoms with Crippen LogP contribution in [0.5, 0.6) is 0 Å². The highest BCUT2D eigenvalue weighted by molar-refractivity contribution is 7.99. The average Bonchev–Trinajstić information content (AvgIpc) is 2.43. The molecule has 0 aliphatic rings. The summed E-state index contributed by atoms with van der Waals surface area (Å²) in [5, 5.41) is 1.46. The van der Waals surface area contributed by atoms with E-state index < -0.39 is 0 Å². The van der Waals surface area contributed by atoms with E-state index in [1.54, 1.807) is 36.6 Å². The Labute approximate surface area is 123 Å². The van der Waals surface area contributed by atoms with Crippen LogP contribution in [0.2, 0.25) is 0 Å². The number of carbonyl (C=O) groups is 1. The molecule has 1 heterocycles. The number of esters is 1. The minimum Gasteiger partial charge on any atom is -0.462 e. The summed E-state index contributed by atoms with van der Waals surface area (Å²) in [5.74, 6) is 1.57. The van der Waals surface area contributed by atoms with Gasteiger partial charge in [-0.05, 0) is 25.5 Å². The number of rotatable bonds is 8. The smallest absolute Gasteiger partial charge is 0.342 e. The maximum Gasteiger partial charge on any atom is 0.342 e. The van der Waals surface area contributed by atoms with E-state index in [1.807, 2.05) is 0 Å². The Hall–Kier alpha value is -0.750. The van der Waals surface area contributed by atoms with Gasteiger partial charge in [0.05, 0.1) is 6.61 Å². The molecule has 106 valence electrons. The highest BCUT2D eigenvalue weighted by Gasteiger charge is 2.16. The Kier molecular flexibility index (Phi) is 7.90. The number of hydrogen-bond donors (Lipinski definition) is 0. The van der Waals surface area contributed by atoms with Crippen molar-refractivity contribution in [3.05, 3.63) is 11.8 Å². The first-order valence-electron chi connectivity index (χ1n) is 6.52. The normalized spacial score (nSPS) is 10.5. The Bertz CT molecular complexity index is 414. The Morgan fingerprint density at radius 3 is 2.53 bits per heavy atom. The number of thioether (sulfide) groups is 2. The lowest BCUT2D eigenvalue weighted by Crippen LogP contribution is -2.09. The predicted octanol–water partition coefficient (Wildman–Crippen LogP) is 3.66. The summed E-state index contributed by atoms with van der Waals surface area (Å²) in [4.78, 5) is 20.5. The summed E-state index contributed by atoms with van der Waals surface area (Å²) in [7, 11) is 0. The van der Waals surface area contributed by atoms with Gasteiger partial charge in [0.2, 0.25) is 0 Å². The molecule has 0 aromatic carbocycles. The molecule has 0 radical (unpaired) electrons. The first-order chi connectivity index (χ1) is 9.22. The minimum atomic E-state index is -0.340. The summed E-state index contributed by atoms with van der Waals surface area (Å²) in [6.45, 7) is 6.38. The molecule has 4 nitrogen and oxygen atoms in total. The third-order valence-corrected chi connectivity index (χ3v) is 4.37. The SMILES string of the molecule is CCCSc1ncc(C(=O)OCC)c(SCCC)n1. The zero-order valence-corrected chi connectivity index (χ0v) is 13.3. The van der Waals surface area contributed by atoms with E-state index in [0.717, 1.165) is 34.5 Å². The molecule has 1 rings (SSSR count). The van der Waals surface area contributed by atoms with Crippen LogP contribution in [-0.2, 0) is 4.74 Å². The summed E-state index contributed by atoms with van der Waals surface area (Å²) < 4.78 is 5.03. The van der Waals surface area contributed by atoms with Gasteiger partial charge < -0.3 is 4.74 Å². The first-order valence-corrected chi connectivity index (χ1v) is 8.49. The third kappa shape index (κ3) is 5.40. The van der Waals surface area contributed by atoms with Crippen LogP contribution in [-0.4, -0.2) is 34.0 Å². The van der Waals surface area contributed by atoms with Crippen LogP contribution in [0, 0.1) is 0 Å². The van der Waals surface area contributed by atoms with Crippen molar-refractivity contribution in [1.82, 2.24) is 9.97 Å². The second-order valence-corrected chi connectivity index (χ2v) is 5.93. The molecule has 0 aliphatic heterocycles. The van der Waals surface area contributed by atoms with Crippen molar-refractivity contribution in [2.75, 3.05) is 18.1 Å². The van der Waals surface area contributed by atoms with Crippen molar-refractivity contribution in [2.45, 2.75) is 43.8 Å². The fourth-order valence-electron chi connectivity index (χ4n) is 1.27. The van der Waals surface area contributed by atoms with Crippen molar-refractivity contribution < 1.29 is 9.53 Å².